The molecule has 0 bridgehead atoms. The standard InChI is InChI=1S/C18H15BrN4O2/c1-25-16-9-5-4-8-15(16)23-18-20-10-12(11-21-18)17(24)22-14-7-3-2-6-13(14)19/h2-11H,1H3,(H,22,24)(H,20,21,23). The van der Waals surface area contributed by atoms with E-state index in [4.69, 9.17) is 4.74 Å². The molecule has 0 aliphatic heterocycles. The first-order chi connectivity index (χ1) is 12.2. The van der Waals surface area contributed by atoms with Crippen molar-refractivity contribution < 1.29 is 9.53 Å². The first-order valence-corrected chi connectivity index (χ1v) is 8.24. The van der Waals surface area contributed by atoms with Gasteiger partial charge in [0.05, 0.1) is 24.0 Å². The number of carbonyl (C=O) groups is 1. The topological polar surface area (TPSA) is 76.1 Å². The van der Waals surface area contributed by atoms with Gasteiger partial charge in [-0.25, -0.2) is 9.97 Å². The number of rotatable bonds is 5. The fraction of sp³-hybridized carbons (Fsp3) is 0.0556. The first kappa shape index (κ1) is 16.9. The van der Waals surface area contributed by atoms with Gasteiger partial charge >= 0.3 is 0 Å². The van der Waals surface area contributed by atoms with Crippen LogP contribution in [0.5, 0.6) is 5.75 Å². The molecule has 3 rings (SSSR count). The third-order valence-corrected chi connectivity index (χ3v) is 4.08. The SMILES string of the molecule is COc1ccccc1Nc1ncc(C(=O)Nc2ccccc2Br)cn1. The molecule has 126 valence electrons. The molecule has 0 aliphatic rings. The van der Waals surface area contributed by atoms with E-state index in [-0.39, 0.29) is 5.91 Å². The summed E-state index contributed by atoms with van der Waals surface area (Å²) < 4.78 is 6.07. The number of anilines is 3. The van der Waals surface area contributed by atoms with E-state index < -0.39 is 0 Å². The molecule has 2 N–H and O–H groups in total. The molecule has 0 unspecified atom stereocenters. The number of halogens is 1. The molecular formula is C18H15BrN4O2. The van der Waals surface area contributed by atoms with Gasteiger partial charge in [-0.3, -0.25) is 4.79 Å². The van der Waals surface area contributed by atoms with Gasteiger partial charge < -0.3 is 15.4 Å². The van der Waals surface area contributed by atoms with E-state index in [9.17, 15) is 4.79 Å². The molecule has 1 heterocycles. The lowest BCUT2D eigenvalue weighted by molar-refractivity contribution is 0.102. The largest absolute Gasteiger partial charge is 0.495 e. The number of aromatic nitrogens is 2. The predicted octanol–water partition coefficient (Wildman–Crippen LogP) is 4.24. The van der Waals surface area contributed by atoms with Crippen molar-refractivity contribution in [2.24, 2.45) is 0 Å². The quantitative estimate of drug-likeness (QED) is 0.671. The van der Waals surface area contributed by atoms with Crippen molar-refractivity contribution in [2.75, 3.05) is 17.7 Å². The van der Waals surface area contributed by atoms with E-state index >= 15 is 0 Å². The van der Waals surface area contributed by atoms with E-state index in [0.29, 0.717) is 22.9 Å². The highest BCUT2D eigenvalue weighted by Crippen LogP contribution is 2.25. The molecule has 2 aromatic carbocycles. The Hall–Kier alpha value is -2.93. The lowest BCUT2D eigenvalue weighted by Gasteiger charge is -2.10. The minimum atomic E-state index is -0.282. The molecule has 1 amide bonds. The number of nitrogens with one attached hydrogen (secondary N) is 2. The number of hydrogen-bond acceptors (Lipinski definition) is 5. The Morgan fingerprint density at radius 2 is 1.64 bits per heavy atom. The van der Waals surface area contributed by atoms with E-state index in [1.54, 1.807) is 13.2 Å². The molecule has 0 radical (unpaired) electrons. The van der Waals surface area contributed by atoms with Gasteiger partial charge in [0.15, 0.2) is 0 Å². The van der Waals surface area contributed by atoms with Gasteiger partial charge in [0.1, 0.15) is 5.75 Å². The van der Waals surface area contributed by atoms with Crippen LogP contribution in [0.25, 0.3) is 0 Å². The highest BCUT2D eigenvalue weighted by molar-refractivity contribution is 9.10. The number of nitrogens with zero attached hydrogens (tertiary/aromatic N) is 2. The van der Waals surface area contributed by atoms with Crippen LogP contribution < -0.4 is 15.4 Å². The molecular weight excluding hydrogens is 384 g/mol. The maximum atomic E-state index is 12.3. The number of benzene rings is 2. The van der Waals surface area contributed by atoms with Crippen LogP contribution in [0.4, 0.5) is 17.3 Å². The van der Waals surface area contributed by atoms with E-state index in [2.05, 4.69) is 36.5 Å². The second kappa shape index (κ2) is 7.76. The van der Waals surface area contributed by atoms with Gasteiger partial charge in [-0.2, -0.15) is 0 Å². The fourth-order valence-corrected chi connectivity index (χ4v) is 2.52. The highest BCUT2D eigenvalue weighted by atomic mass is 79.9. The number of para-hydroxylation sites is 3. The van der Waals surface area contributed by atoms with E-state index in [0.717, 1.165) is 10.2 Å². The Morgan fingerprint density at radius 1 is 1.00 bits per heavy atom. The van der Waals surface area contributed by atoms with Crippen molar-refractivity contribution in [1.29, 1.82) is 0 Å². The van der Waals surface area contributed by atoms with Crippen molar-refractivity contribution in [3.05, 3.63) is 71.0 Å². The molecule has 0 spiro atoms. The molecule has 3 aromatic rings. The van der Waals surface area contributed by atoms with Crippen molar-refractivity contribution in [2.45, 2.75) is 0 Å². The van der Waals surface area contributed by atoms with Gasteiger partial charge in [0, 0.05) is 16.9 Å². The zero-order valence-electron chi connectivity index (χ0n) is 13.4. The summed E-state index contributed by atoms with van der Waals surface area (Å²) in [5.41, 5.74) is 1.79. The molecule has 0 atom stereocenters. The van der Waals surface area contributed by atoms with Gasteiger partial charge in [0.2, 0.25) is 5.95 Å². The Bertz CT molecular complexity index is 884. The van der Waals surface area contributed by atoms with Crippen LogP contribution >= 0.6 is 15.9 Å². The van der Waals surface area contributed by atoms with Crippen molar-refractivity contribution in [3.8, 4) is 5.75 Å². The third kappa shape index (κ3) is 4.13. The molecule has 6 nitrogen and oxygen atoms in total. The smallest absolute Gasteiger partial charge is 0.258 e. The third-order valence-electron chi connectivity index (χ3n) is 3.39. The summed E-state index contributed by atoms with van der Waals surface area (Å²) in [5.74, 6) is 0.777. The Labute approximate surface area is 153 Å². The monoisotopic (exact) mass is 398 g/mol. The van der Waals surface area contributed by atoms with Crippen LogP contribution in [0.15, 0.2) is 65.4 Å². The molecule has 7 heteroatoms. The lowest BCUT2D eigenvalue weighted by Crippen LogP contribution is -2.13. The molecule has 0 saturated heterocycles. The number of carbonyl (C=O) groups excluding carboxylic acids is 1. The number of ether oxygens (including phenoxy) is 1. The van der Waals surface area contributed by atoms with Gasteiger partial charge in [-0.15, -0.1) is 0 Å². The summed E-state index contributed by atoms with van der Waals surface area (Å²) in [6.07, 6.45) is 2.94. The zero-order chi connectivity index (χ0) is 17.6. The molecule has 0 aliphatic carbocycles. The van der Waals surface area contributed by atoms with Crippen LogP contribution in [-0.4, -0.2) is 23.0 Å². The average Bonchev–Trinajstić information content (AvgIpc) is 2.64. The van der Waals surface area contributed by atoms with Gasteiger partial charge in [-0.05, 0) is 40.2 Å². The van der Waals surface area contributed by atoms with Crippen molar-refractivity contribution in [3.63, 3.8) is 0 Å². The summed E-state index contributed by atoms with van der Waals surface area (Å²) >= 11 is 3.39. The summed E-state index contributed by atoms with van der Waals surface area (Å²) in [7, 11) is 1.59. The number of amides is 1. The normalized spacial score (nSPS) is 10.2. The number of methoxy groups -OCH3 is 1. The minimum absolute atomic E-state index is 0.282. The van der Waals surface area contributed by atoms with Crippen LogP contribution in [0.3, 0.4) is 0 Å². The summed E-state index contributed by atoms with van der Waals surface area (Å²) in [6, 6.07) is 14.8. The first-order valence-electron chi connectivity index (χ1n) is 7.45. The van der Waals surface area contributed by atoms with E-state index in [1.807, 2.05) is 42.5 Å². The van der Waals surface area contributed by atoms with E-state index in [1.165, 1.54) is 12.4 Å². The van der Waals surface area contributed by atoms with Crippen LogP contribution in [-0.2, 0) is 0 Å². The highest BCUT2D eigenvalue weighted by Gasteiger charge is 2.10. The molecule has 1 aromatic heterocycles. The van der Waals surface area contributed by atoms with Crippen LogP contribution in [0.2, 0.25) is 0 Å². The van der Waals surface area contributed by atoms with Gasteiger partial charge in [0.25, 0.3) is 5.91 Å². The Morgan fingerprint density at radius 3 is 2.32 bits per heavy atom. The predicted molar refractivity (Wildman–Crippen MR) is 100 cm³/mol. The zero-order valence-corrected chi connectivity index (χ0v) is 14.9. The molecule has 0 fully saturated rings. The molecule has 0 saturated carbocycles. The second-order valence-electron chi connectivity index (χ2n) is 5.05. The Kier molecular flexibility index (Phi) is 5.25. The second-order valence-corrected chi connectivity index (χ2v) is 5.91. The average molecular weight is 399 g/mol. The maximum Gasteiger partial charge on any atom is 0.258 e. The number of hydrogen-bond donors (Lipinski definition) is 2. The van der Waals surface area contributed by atoms with Gasteiger partial charge in [-0.1, -0.05) is 24.3 Å². The lowest BCUT2D eigenvalue weighted by atomic mass is 10.3. The Balaban J connectivity index is 1.72. The summed E-state index contributed by atoms with van der Waals surface area (Å²) in [6.45, 7) is 0. The van der Waals surface area contributed by atoms with Crippen molar-refractivity contribution in [1.82, 2.24) is 9.97 Å². The fourth-order valence-electron chi connectivity index (χ4n) is 2.14. The molecule has 25 heavy (non-hydrogen) atoms. The maximum absolute atomic E-state index is 12.3. The minimum Gasteiger partial charge on any atom is -0.495 e. The summed E-state index contributed by atoms with van der Waals surface area (Å²) in [5, 5.41) is 5.87. The van der Waals surface area contributed by atoms with Crippen molar-refractivity contribution >= 4 is 39.2 Å². The van der Waals surface area contributed by atoms with Crippen LogP contribution in [0.1, 0.15) is 10.4 Å². The summed E-state index contributed by atoms with van der Waals surface area (Å²) in [4.78, 5) is 20.7. The van der Waals surface area contributed by atoms with Crippen LogP contribution in [0, 0.1) is 0 Å².